The van der Waals surface area contributed by atoms with Gasteiger partial charge in [0.2, 0.25) is 0 Å². The van der Waals surface area contributed by atoms with E-state index in [-0.39, 0.29) is 6.23 Å². The van der Waals surface area contributed by atoms with Crippen molar-refractivity contribution in [2.24, 2.45) is 0 Å². The first kappa shape index (κ1) is 8.33. The van der Waals surface area contributed by atoms with Gasteiger partial charge in [0.15, 0.2) is 0 Å². The summed E-state index contributed by atoms with van der Waals surface area (Å²) in [5.41, 5.74) is 0.663. The lowest BCUT2D eigenvalue weighted by atomic mass is 10.0. The molecule has 58 valence electrons. The first-order valence-corrected chi connectivity index (χ1v) is 3.65. The molecule has 1 rings (SSSR count). The second-order valence-corrected chi connectivity index (χ2v) is 2.31. The van der Waals surface area contributed by atoms with Crippen molar-refractivity contribution in [3.05, 3.63) is 12.4 Å². The van der Waals surface area contributed by atoms with E-state index in [9.17, 15) is 0 Å². The zero-order valence-electron chi connectivity index (χ0n) is 6.82. The average Bonchev–Trinajstić information content (AvgIpc) is 2.36. The zero-order valence-corrected chi connectivity index (χ0v) is 6.82. The summed E-state index contributed by atoms with van der Waals surface area (Å²) >= 11 is 0. The van der Waals surface area contributed by atoms with Gasteiger partial charge < -0.3 is 4.74 Å². The molecule has 4 heteroatoms. The lowest BCUT2D eigenvalue weighted by Crippen LogP contribution is -2.10. The molecule has 0 aliphatic rings. The summed E-state index contributed by atoms with van der Waals surface area (Å²) in [5.74, 6) is 0. The SMILES string of the molecule is [B]c1cnn(C(C)OCC)c1. The van der Waals surface area contributed by atoms with E-state index < -0.39 is 0 Å². The Morgan fingerprint density at radius 1 is 1.82 bits per heavy atom. The van der Waals surface area contributed by atoms with Gasteiger partial charge in [0, 0.05) is 19.0 Å². The molecule has 1 aromatic rings. The van der Waals surface area contributed by atoms with Crippen LogP contribution < -0.4 is 5.46 Å². The highest BCUT2D eigenvalue weighted by atomic mass is 16.5. The first-order chi connectivity index (χ1) is 5.24. The van der Waals surface area contributed by atoms with E-state index in [0.29, 0.717) is 12.1 Å². The third kappa shape index (κ3) is 2.08. The zero-order chi connectivity index (χ0) is 8.27. The Labute approximate surface area is 67.8 Å². The number of aromatic nitrogens is 2. The van der Waals surface area contributed by atoms with Crippen molar-refractivity contribution >= 4 is 13.3 Å². The van der Waals surface area contributed by atoms with Gasteiger partial charge in [-0.15, -0.1) is 0 Å². The quantitative estimate of drug-likeness (QED) is 0.576. The van der Waals surface area contributed by atoms with Crippen molar-refractivity contribution in [2.75, 3.05) is 6.61 Å². The molecule has 0 amide bonds. The maximum atomic E-state index is 5.47. The van der Waals surface area contributed by atoms with Crippen molar-refractivity contribution in [3.63, 3.8) is 0 Å². The Morgan fingerprint density at radius 3 is 3.00 bits per heavy atom. The topological polar surface area (TPSA) is 27.1 Å². The molecule has 0 fully saturated rings. The maximum Gasteiger partial charge on any atom is 0.147 e. The highest BCUT2D eigenvalue weighted by Gasteiger charge is 2.02. The molecule has 1 atom stereocenters. The van der Waals surface area contributed by atoms with Crippen LogP contribution in [0.4, 0.5) is 0 Å². The maximum absolute atomic E-state index is 5.47. The van der Waals surface area contributed by atoms with Crippen LogP contribution in [0.15, 0.2) is 12.4 Å². The number of hydrogen-bond donors (Lipinski definition) is 0. The molecule has 0 saturated heterocycles. The molecule has 11 heavy (non-hydrogen) atoms. The van der Waals surface area contributed by atoms with E-state index in [1.807, 2.05) is 13.8 Å². The van der Waals surface area contributed by atoms with E-state index in [4.69, 9.17) is 12.6 Å². The van der Waals surface area contributed by atoms with Crippen LogP contribution in [-0.4, -0.2) is 24.2 Å². The number of nitrogens with zero attached hydrogens (tertiary/aromatic N) is 2. The minimum atomic E-state index is -0.0303. The van der Waals surface area contributed by atoms with E-state index in [2.05, 4.69) is 5.10 Å². The van der Waals surface area contributed by atoms with Crippen LogP contribution in [0.5, 0.6) is 0 Å². The third-order valence-electron chi connectivity index (χ3n) is 1.40. The number of hydrogen-bond acceptors (Lipinski definition) is 2. The van der Waals surface area contributed by atoms with Gasteiger partial charge in [0.25, 0.3) is 0 Å². The van der Waals surface area contributed by atoms with Crippen molar-refractivity contribution in [2.45, 2.75) is 20.1 Å². The standard InChI is InChI=1S/C7H11BN2O/c1-3-11-6(2)10-5-7(8)4-9-10/h4-6H,3H2,1-2H3. The Kier molecular flexibility index (Phi) is 2.71. The Bertz CT molecular complexity index is 224. The summed E-state index contributed by atoms with van der Waals surface area (Å²) in [7, 11) is 5.47. The third-order valence-corrected chi connectivity index (χ3v) is 1.40. The highest BCUT2D eigenvalue weighted by Crippen LogP contribution is 2.02. The second kappa shape index (κ2) is 3.58. The van der Waals surface area contributed by atoms with Crippen molar-refractivity contribution in [3.8, 4) is 0 Å². The normalized spacial score (nSPS) is 13.3. The number of rotatable bonds is 3. The van der Waals surface area contributed by atoms with Crippen molar-refractivity contribution < 1.29 is 4.74 Å². The van der Waals surface area contributed by atoms with Crippen LogP contribution in [0.25, 0.3) is 0 Å². The predicted octanol–water partition coefficient (Wildman–Crippen LogP) is 0.232. The highest BCUT2D eigenvalue weighted by molar-refractivity contribution is 6.31. The molecule has 0 bridgehead atoms. The van der Waals surface area contributed by atoms with Gasteiger partial charge in [-0.1, -0.05) is 5.46 Å². The van der Waals surface area contributed by atoms with Gasteiger partial charge in [-0.3, -0.25) is 0 Å². The van der Waals surface area contributed by atoms with Gasteiger partial charge in [-0.25, -0.2) is 4.68 Å². The van der Waals surface area contributed by atoms with Gasteiger partial charge in [-0.05, 0) is 13.8 Å². The fourth-order valence-electron chi connectivity index (χ4n) is 0.869. The smallest absolute Gasteiger partial charge is 0.147 e. The van der Waals surface area contributed by atoms with E-state index in [1.165, 1.54) is 0 Å². The van der Waals surface area contributed by atoms with Crippen LogP contribution >= 0.6 is 0 Å². The molecule has 3 nitrogen and oxygen atoms in total. The molecule has 0 saturated carbocycles. The molecule has 1 heterocycles. The van der Waals surface area contributed by atoms with Gasteiger partial charge in [0.05, 0.1) is 0 Å². The minimum Gasteiger partial charge on any atom is -0.357 e. The summed E-state index contributed by atoms with van der Waals surface area (Å²) < 4.78 is 6.98. The summed E-state index contributed by atoms with van der Waals surface area (Å²) in [5, 5.41) is 4.00. The lowest BCUT2D eigenvalue weighted by molar-refractivity contribution is 0.0160. The molecule has 0 spiro atoms. The van der Waals surface area contributed by atoms with Gasteiger partial charge in [-0.2, -0.15) is 5.10 Å². The van der Waals surface area contributed by atoms with Gasteiger partial charge in [0.1, 0.15) is 14.1 Å². The van der Waals surface area contributed by atoms with Crippen LogP contribution in [0.2, 0.25) is 0 Å². The fourth-order valence-corrected chi connectivity index (χ4v) is 0.869. The largest absolute Gasteiger partial charge is 0.357 e. The monoisotopic (exact) mass is 150 g/mol. The lowest BCUT2D eigenvalue weighted by Gasteiger charge is -2.10. The average molecular weight is 150 g/mol. The molecule has 0 aliphatic heterocycles. The molecule has 1 aromatic heterocycles. The Balaban J connectivity index is 2.60. The Morgan fingerprint density at radius 2 is 2.55 bits per heavy atom. The molecule has 1 unspecified atom stereocenters. The van der Waals surface area contributed by atoms with Crippen LogP contribution in [0.3, 0.4) is 0 Å². The van der Waals surface area contributed by atoms with Crippen LogP contribution in [-0.2, 0) is 4.74 Å². The molecular formula is C7H11BN2O. The summed E-state index contributed by atoms with van der Waals surface area (Å²) in [6.07, 6.45) is 3.33. The van der Waals surface area contributed by atoms with Crippen LogP contribution in [0.1, 0.15) is 20.1 Å². The van der Waals surface area contributed by atoms with Crippen LogP contribution in [0, 0.1) is 0 Å². The molecule has 0 aromatic carbocycles. The summed E-state index contributed by atoms with van der Waals surface area (Å²) in [4.78, 5) is 0. The minimum absolute atomic E-state index is 0.0303. The van der Waals surface area contributed by atoms with E-state index in [0.717, 1.165) is 0 Å². The molecular weight excluding hydrogens is 139 g/mol. The second-order valence-electron chi connectivity index (χ2n) is 2.31. The number of ether oxygens (including phenoxy) is 1. The fraction of sp³-hybridized carbons (Fsp3) is 0.571. The predicted molar refractivity (Wildman–Crippen MR) is 44.0 cm³/mol. The molecule has 0 N–H and O–H groups in total. The molecule has 2 radical (unpaired) electrons. The van der Waals surface area contributed by atoms with Crippen molar-refractivity contribution in [1.29, 1.82) is 0 Å². The summed E-state index contributed by atoms with van der Waals surface area (Å²) in [6.45, 7) is 4.56. The molecule has 0 aliphatic carbocycles. The Hall–Kier alpha value is -0.765. The summed E-state index contributed by atoms with van der Waals surface area (Å²) in [6, 6.07) is 0. The first-order valence-electron chi connectivity index (χ1n) is 3.65. The van der Waals surface area contributed by atoms with E-state index >= 15 is 0 Å². The van der Waals surface area contributed by atoms with E-state index in [1.54, 1.807) is 17.1 Å². The van der Waals surface area contributed by atoms with Gasteiger partial charge >= 0.3 is 0 Å². The van der Waals surface area contributed by atoms with Crippen molar-refractivity contribution in [1.82, 2.24) is 9.78 Å².